The molecule has 0 radical (unpaired) electrons. The quantitative estimate of drug-likeness (QED) is 0.694. The summed E-state index contributed by atoms with van der Waals surface area (Å²) in [6.45, 7) is 7.72. The van der Waals surface area contributed by atoms with Crippen molar-refractivity contribution in [2.45, 2.75) is 20.3 Å². The van der Waals surface area contributed by atoms with E-state index in [1.165, 1.54) is 6.08 Å². The van der Waals surface area contributed by atoms with Crippen LogP contribution in [0.5, 0.6) is 0 Å². The Kier molecular flexibility index (Phi) is 4.44. The van der Waals surface area contributed by atoms with Crippen molar-refractivity contribution < 1.29 is 4.79 Å². The van der Waals surface area contributed by atoms with Gasteiger partial charge in [-0.2, -0.15) is 0 Å². The number of carbonyl (C=O) groups is 1. The fraction of sp³-hybridized carbons (Fsp3) is 0.294. The number of carbonyl (C=O) groups excluding carboxylic acids is 1. The predicted molar refractivity (Wildman–Crippen MR) is 85.9 cm³/mol. The van der Waals surface area contributed by atoms with Gasteiger partial charge < -0.3 is 9.88 Å². The van der Waals surface area contributed by atoms with E-state index in [4.69, 9.17) is 0 Å². The summed E-state index contributed by atoms with van der Waals surface area (Å²) in [5.41, 5.74) is 2.42. The third kappa shape index (κ3) is 3.51. The van der Waals surface area contributed by atoms with E-state index in [1.807, 2.05) is 23.9 Å². The number of nitrogens with one attached hydrogen (secondary N) is 1. The Morgan fingerprint density at radius 3 is 3.00 bits per heavy atom. The first-order valence-corrected chi connectivity index (χ1v) is 6.88. The van der Waals surface area contributed by atoms with E-state index in [-0.39, 0.29) is 5.91 Å². The number of aryl methyl sites for hydroxylation is 1. The highest BCUT2D eigenvalue weighted by molar-refractivity contribution is 6.00. The molecule has 0 saturated carbocycles. The Morgan fingerprint density at radius 2 is 2.33 bits per heavy atom. The first-order chi connectivity index (χ1) is 10.0. The molecule has 2 aromatic heterocycles. The van der Waals surface area contributed by atoms with Gasteiger partial charge in [0.15, 0.2) is 0 Å². The van der Waals surface area contributed by atoms with Crippen LogP contribution in [-0.4, -0.2) is 15.5 Å². The van der Waals surface area contributed by atoms with Gasteiger partial charge in [-0.25, -0.2) is 4.98 Å². The molecular weight excluding hydrogens is 262 g/mol. The van der Waals surface area contributed by atoms with Gasteiger partial charge in [-0.1, -0.05) is 32.3 Å². The second kappa shape index (κ2) is 6.27. The summed E-state index contributed by atoms with van der Waals surface area (Å²) in [5, 5.41) is 3.66. The second-order valence-corrected chi connectivity index (χ2v) is 5.34. The molecular formula is C17H19N3O. The van der Waals surface area contributed by atoms with Gasteiger partial charge in [-0.05, 0) is 18.1 Å². The lowest BCUT2D eigenvalue weighted by Gasteiger charge is -2.02. The molecule has 0 bridgehead atoms. The van der Waals surface area contributed by atoms with E-state index in [1.54, 1.807) is 6.20 Å². The minimum absolute atomic E-state index is 0.250. The summed E-state index contributed by atoms with van der Waals surface area (Å²) in [4.78, 5) is 15.7. The largest absolute Gasteiger partial charge is 0.334 e. The van der Waals surface area contributed by atoms with Crippen LogP contribution in [0, 0.1) is 17.8 Å². The van der Waals surface area contributed by atoms with Gasteiger partial charge in [-0.15, -0.1) is 0 Å². The number of amides is 1. The number of rotatable bonds is 3. The number of hydrogen-bond acceptors (Lipinski definition) is 2. The molecule has 21 heavy (non-hydrogen) atoms. The third-order valence-corrected chi connectivity index (χ3v) is 3.00. The van der Waals surface area contributed by atoms with E-state index >= 15 is 0 Å². The Balaban J connectivity index is 2.40. The minimum atomic E-state index is -0.250. The summed E-state index contributed by atoms with van der Waals surface area (Å²) in [6.07, 6.45) is 5.69. The fourth-order valence-corrected chi connectivity index (χ4v) is 1.97. The highest BCUT2D eigenvalue weighted by Gasteiger charge is 2.08. The molecule has 2 rings (SSSR count). The molecule has 108 valence electrons. The van der Waals surface area contributed by atoms with Crippen molar-refractivity contribution in [3.8, 4) is 11.8 Å². The Bertz CT molecular complexity index is 744. The molecule has 0 aliphatic rings. The zero-order valence-electron chi connectivity index (χ0n) is 12.6. The maximum Gasteiger partial charge on any atom is 0.247 e. The topological polar surface area (TPSA) is 46.9 Å². The average molecular weight is 281 g/mol. The summed E-state index contributed by atoms with van der Waals surface area (Å²) in [7, 11) is 1.94. The number of pyridine rings is 1. The lowest BCUT2D eigenvalue weighted by Crippen LogP contribution is -2.07. The minimum Gasteiger partial charge on any atom is -0.334 e. The lowest BCUT2D eigenvalue weighted by atomic mass is 10.1. The van der Waals surface area contributed by atoms with Crippen molar-refractivity contribution >= 4 is 22.6 Å². The number of nitrogens with zero attached hydrogens (tertiary/aromatic N) is 2. The van der Waals surface area contributed by atoms with Gasteiger partial charge in [0, 0.05) is 25.1 Å². The molecule has 1 amide bonds. The molecule has 2 aromatic rings. The number of anilines is 1. The fourth-order valence-electron chi connectivity index (χ4n) is 1.97. The van der Waals surface area contributed by atoms with Crippen molar-refractivity contribution in [3.05, 3.63) is 36.7 Å². The van der Waals surface area contributed by atoms with Crippen molar-refractivity contribution in [2.75, 3.05) is 5.32 Å². The van der Waals surface area contributed by atoms with Gasteiger partial charge in [0.1, 0.15) is 5.65 Å². The van der Waals surface area contributed by atoms with Crippen LogP contribution < -0.4 is 5.32 Å². The monoisotopic (exact) mass is 281 g/mol. The summed E-state index contributed by atoms with van der Waals surface area (Å²) in [6, 6.07) is 1.89. The number of aromatic nitrogens is 2. The molecule has 0 aromatic carbocycles. The van der Waals surface area contributed by atoms with Crippen LogP contribution >= 0.6 is 0 Å². The van der Waals surface area contributed by atoms with E-state index in [0.717, 1.165) is 23.0 Å². The second-order valence-electron chi connectivity index (χ2n) is 5.34. The Labute approximate surface area is 124 Å². The van der Waals surface area contributed by atoms with Crippen molar-refractivity contribution in [1.29, 1.82) is 0 Å². The van der Waals surface area contributed by atoms with Crippen LogP contribution in [0.25, 0.3) is 11.0 Å². The first-order valence-electron chi connectivity index (χ1n) is 6.88. The van der Waals surface area contributed by atoms with Crippen molar-refractivity contribution in [1.82, 2.24) is 9.55 Å². The molecule has 1 N–H and O–H groups in total. The molecule has 4 nitrogen and oxygen atoms in total. The van der Waals surface area contributed by atoms with Crippen molar-refractivity contribution in [3.63, 3.8) is 0 Å². The van der Waals surface area contributed by atoms with Gasteiger partial charge >= 0.3 is 0 Å². The summed E-state index contributed by atoms with van der Waals surface area (Å²) < 4.78 is 1.94. The summed E-state index contributed by atoms with van der Waals surface area (Å²) in [5.74, 6) is 6.67. The summed E-state index contributed by atoms with van der Waals surface area (Å²) >= 11 is 0. The van der Waals surface area contributed by atoms with E-state index in [0.29, 0.717) is 11.6 Å². The maximum atomic E-state index is 11.4. The first kappa shape index (κ1) is 14.9. The molecule has 0 atom stereocenters. The predicted octanol–water partition coefficient (Wildman–Crippen LogP) is 3.10. The Morgan fingerprint density at radius 1 is 1.57 bits per heavy atom. The van der Waals surface area contributed by atoms with E-state index in [9.17, 15) is 4.79 Å². The number of fused-ring (bicyclic) bond motifs is 1. The molecule has 0 saturated heterocycles. The maximum absolute atomic E-state index is 11.4. The average Bonchev–Trinajstić information content (AvgIpc) is 2.75. The van der Waals surface area contributed by atoms with Gasteiger partial charge in [0.2, 0.25) is 5.91 Å². The third-order valence-electron chi connectivity index (χ3n) is 3.00. The van der Waals surface area contributed by atoms with Gasteiger partial charge in [0.25, 0.3) is 0 Å². The van der Waals surface area contributed by atoms with E-state index in [2.05, 4.69) is 42.6 Å². The molecule has 2 heterocycles. The lowest BCUT2D eigenvalue weighted by molar-refractivity contribution is -0.111. The Hall–Kier alpha value is -2.54. The molecule has 0 unspecified atom stereocenters. The number of hydrogen-bond donors (Lipinski definition) is 1. The van der Waals surface area contributed by atoms with E-state index < -0.39 is 0 Å². The smallest absolute Gasteiger partial charge is 0.247 e. The highest BCUT2D eigenvalue weighted by atomic mass is 16.1. The van der Waals surface area contributed by atoms with Crippen molar-refractivity contribution in [2.24, 2.45) is 13.0 Å². The van der Waals surface area contributed by atoms with Crippen LogP contribution in [0.15, 0.2) is 31.1 Å². The zero-order valence-corrected chi connectivity index (χ0v) is 12.6. The van der Waals surface area contributed by atoms with Crippen LogP contribution in [0.3, 0.4) is 0 Å². The molecule has 0 aliphatic carbocycles. The standard InChI is InChI=1S/C17H19N3O/c1-5-16(21)19-14-9-15-13(8-6-7-12(2)3)11-20(4)17(15)18-10-14/h5,9-12H,1,7H2,2-4H3,(H,19,21). The molecule has 0 aliphatic heterocycles. The molecule has 4 heteroatoms. The van der Waals surface area contributed by atoms with Crippen LogP contribution in [0.4, 0.5) is 5.69 Å². The normalized spacial score (nSPS) is 10.3. The zero-order chi connectivity index (χ0) is 15.4. The highest BCUT2D eigenvalue weighted by Crippen LogP contribution is 2.21. The van der Waals surface area contributed by atoms with Gasteiger partial charge in [-0.3, -0.25) is 4.79 Å². The SMILES string of the molecule is C=CC(=O)Nc1cnc2c(c1)c(C#CCC(C)C)cn2C. The van der Waals surface area contributed by atoms with Crippen LogP contribution in [0.1, 0.15) is 25.8 Å². The van der Waals surface area contributed by atoms with Crippen LogP contribution in [-0.2, 0) is 11.8 Å². The van der Waals surface area contributed by atoms with Crippen LogP contribution in [0.2, 0.25) is 0 Å². The van der Waals surface area contributed by atoms with Gasteiger partial charge in [0.05, 0.1) is 17.4 Å². The molecule has 0 spiro atoms. The molecule has 0 fully saturated rings.